The van der Waals surface area contributed by atoms with Crippen LogP contribution in [0, 0.1) is 0 Å². The van der Waals surface area contributed by atoms with Crippen LogP contribution in [-0.2, 0) is 19.5 Å². The molecule has 0 atom stereocenters. The molecule has 8 heteroatoms. The Morgan fingerprint density at radius 3 is 3.00 bits per heavy atom. The van der Waals surface area contributed by atoms with E-state index < -0.39 is 0 Å². The predicted molar refractivity (Wildman–Crippen MR) is 107 cm³/mol. The van der Waals surface area contributed by atoms with Crippen LogP contribution in [0.15, 0.2) is 47.1 Å². The molecule has 0 bridgehead atoms. The maximum Gasteiger partial charge on any atom is 0.257 e. The zero-order valence-corrected chi connectivity index (χ0v) is 16.9. The Balaban J connectivity index is 1.48. The number of ether oxygens (including phenoxy) is 1. The first kappa shape index (κ1) is 18.6. The highest BCUT2D eigenvalue weighted by Gasteiger charge is 2.18. The highest BCUT2D eigenvalue weighted by molar-refractivity contribution is 9.10. The van der Waals surface area contributed by atoms with Gasteiger partial charge in [0, 0.05) is 23.6 Å². The van der Waals surface area contributed by atoms with Crippen molar-refractivity contribution in [3.8, 4) is 11.6 Å². The molecule has 0 fully saturated rings. The Labute approximate surface area is 171 Å². The molecule has 1 aliphatic heterocycles. The molecule has 1 amide bonds. The number of rotatable bonds is 5. The average molecular weight is 442 g/mol. The van der Waals surface area contributed by atoms with E-state index in [1.807, 2.05) is 24.3 Å². The molecular weight excluding hydrogens is 422 g/mol. The minimum absolute atomic E-state index is 0.260. The summed E-state index contributed by atoms with van der Waals surface area (Å²) >= 11 is 3.41. The molecule has 1 aromatic carbocycles. The van der Waals surface area contributed by atoms with Crippen LogP contribution in [0.3, 0.4) is 0 Å². The first-order chi connectivity index (χ1) is 13.7. The number of hydrogen-bond donors (Lipinski definition) is 1. The second-order valence-corrected chi connectivity index (χ2v) is 7.51. The molecule has 7 nitrogen and oxygen atoms in total. The van der Waals surface area contributed by atoms with Crippen molar-refractivity contribution in [2.24, 2.45) is 0 Å². The lowest BCUT2D eigenvalue weighted by molar-refractivity contribution is 0.0946. The van der Waals surface area contributed by atoms with Gasteiger partial charge in [0.05, 0.1) is 6.54 Å². The van der Waals surface area contributed by atoms with Crippen molar-refractivity contribution in [1.29, 1.82) is 0 Å². The topological polar surface area (TPSA) is 81.9 Å². The highest BCUT2D eigenvalue weighted by atomic mass is 79.9. The van der Waals surface area contributed by atoms with E-state index >= 15 is 0 Å². The summed E-state index contributed by atoms with van der Waals surface area (Å²) < 4.78 is 8.83. The molecule has 0 unspecified atom stereocenters. The van der Waals surface area contributed by atoms with Crippen LogP contribution in [0.25, 0.3) is 0 Å². The van der Waals surface area contributed by atoms with E-state index in [1.165, 1.54) is 6.42 Å². The number of carbonyl (C=O) groups excluding carboxylic acids is 1. The third-order valence-electron chi connectivity index (χ3n) is 4.62. The third-order valence-corrected chi connectivity index (χ3v) is 5.11. The van der Waals surface area contributed by atoms with Crippen LogP contribution in [0.4, 0.5) is 0 Å². The van der Waals surface area contributed by atoms with E-state index in [-0.39, 0.29) is 11.8 Å². The Morgan fingerprint density at radius 1 is 1.18 bits per heavy atom. The molecule has 0 saturated carbocycles. The van der Waals surface area contributed by atoms with Gasteiger partial charge < -0.3 is 14.6 Å². The number of hydrogen-bond acceptors (Lipinski definition) is 5. The zero-order chi connectivity index (χ0) is 19.3. The summed E-state index contributed by atoms with van der Waals surface area (Å²) in [5.41, 5.74) is 0.373. The monoisotopic (exact) mass is 441 g/mol. The Bertz CT molecular complexity index is 988. The number of fused-ring (bicyclic) bond motifs is 1. The summed E-state index contributed by atoms with van der Waals surface area (Å²) in [6.07, 6.45) is 5.98. The molecule has 0 radical (unpaired) electrons. The van der Waals surface area contributed by atoms with Gasteiger partial charge in [-0.15, -0.1) is 10.2 Å². The van der Waals surface area contributed by atoms with Gasteiger partial charge in [0.1, 0.15) is 17.1 Å². The van der Waals surface area contributed by atoms with Crippen LogP contribution in [0.2, 0.25) is 0 Å². The van der Waals surface area contributed by atoms with Crippen LogP contribution in [0.5, 0.6) is 11.6 Å². The molecule has 28 heavy (non-hydrogen) atoms. The zero-order valence-electron chi connectivity index (χ0n) is 15.3. The number of carbonyl (C=O) groups is 1. The van der Waals surface area contributed by atoms with Gasteiger partial charge >= 0.3 is 0 Å². The van der Waals surface area contributed by atoms with Gasteiger partial charge in [-0.3, -0.25) is 4.79 Å². The van der Waals surface area contributed by atoms with Gasteiger partial charge in [0.2, 0.25) is 5.88 Å². The summed E-state index contributed by atoms with van der Waals surface area (Å²) in [4.78, 5) is 17.0. The number of nitrogens with zero attached hydrogens (tertiary/aromatic N) is 4. The molecule has 3 aromatic rings. The van der Waals surface area contributed by atoms with Gasteiger partial charge in [-0.2, -0.15) is 0 Å². The molecule has 1 aliphatic rings. The van der Waals surface area contributed by atoms with Crippen LogP contribution >= 0.6 is 15.9 Å². The predicted octanol–water partition coefficient (Wildman–Crippen LogP) is 3.88. The SMILES string of the molecule is O=C(NCc1nnc2n1CCCCC2)c1cccnc1Oc1cccc(Br)c1. The van der Waals surface area contributed by atoms with Gasteiger partial charge in [-0.1, -0.05) is 28.4 Å². The third kappa shape index (κ3) is 4.22. The molecular formula is C20H20BrN5O2. The molecule has 1 N–H and O–H groups in total. The fraction of sp³-hybridized carbons (Fsp3) is 0.300. The summed E-state index contributed by atoms with van der Waals surface area (Å²) in [7, 11) is 0. The molecule has 144 valence electrons. The first-order valence-corrected chi connectivity index (χ1v) is 10.1. The fourth-order valence-electron chi connectivity index (χ4n) is 3.22. The normalized spacial score (nSPS) is 13.5. The number of pyridine rings is 1. The van der Waals surface area contributed by atoms with E-state index in [0.717, 1.165) is 41.9 Å². The van der Waals surface area contributed by atoms with Crippen molar-refractivity contribution in [2.75, 3.05) is 0 Å². The van der Waals surface area contributed by atoms with Crippen molar-refractivity contribution in [3.63, 3.8) is 0 Å². The molecule has 0 aliphatic carbocycles. The minimum atomic E-state index is -0.260. The van der Waals surface area contributed by atoms with E-state index in [2.05, 4.69) is 41.0 Å². The number of nitrogens with one attached hydrogen (secondary N) is 1. The summed E-state index contributed by atoms with van der Waals surface area (Å²) in [6.45, 7) is 1.22. The number of halogens is 1. The van der Waals surface area contributed by atoms with E-state index in [1.54, 1.807) is 18.3 Å². The largest absolute Gasteiger partial charge is 0.438 e. The van der Waals surface area contributed by atoms with Crippen molar-refractivity contribution < 1.29 is 9.53 Å². The molecule has 4 rings (SSSR count). The van der Waals surface area contributed by atoms with Crippen LogP contribution in [0.1, 0.15) is 41.3 Å². The Morgan fingerprint density at radius 2 is 2.11 bits per heavy atom. The highest BCUT2D eigenvalue weighted by Crippen LogP contribution is 2.25. The Hall–Kier alpha value is -2.74. The molecule has 3 heterocycles. The number of amides is 1. The van der Waals surface area contributed by atoms with Crippen molar-refractivity contribution >= 4 is 21.8 Å². The second-order valence-electron chi connectivity index (χ2n) is 6.59. The lowest BCUT2D eigenvalue weighted by Gasteiger charge is -2.11. The van der Waals surface area contributed by atoms with Gasteiger partial charge in [0.15, 0.2) is 5.82 Å². The standard InChI is InChI=1S/C20H20BrN5O2/c21-14-6-4-7-15(12-14)28-20-16(8-5-10-22-20)19(27)23-13-18-25-24-17-9-2-1-3-11-26(17)18/h4-8,10,12H,1-3,9,11,13H2,(H,23,27). The van der Waals surface area contributed by atoms with Gasteiger partial charge in [-0.05, 0) is 43.2 Å². The van der Waals surface area contributed by atoms with Crippen molar-refractivity contribution in [3.05, 3.63) is 64.3 Å². The number of aryl methyl sites for hydroxylation is 1. The maximum atomic E-state index is 12.8. The lowest BCUT2D eigenvalue weighted by Crippen LogP contribution is -2.25. The average Bonchev–Trinajstić information content (AvgIpc) is 2.92. The lowest BCUT2D eigenvalue weighted by atomic mass is 10.2. The van der Waals surface area contributed by atoms with Gasteiger partial charge in [-0.25, -0.2) is 4.98 Å². The van der Waals surface area contributed by atoms with Gasteiger partial charge in [0.25, 0.3) is 5.91 Å². The smallest absolute Gasteiger partial charge is 0.257 e. The van der Waals surface area contributed by atoms with Crippen molar-refractivity contribution in [2.45, 2.75) is 38.8 Å². The summed E-state index contributed by atoms with van der Waals surface area (Å²) in [5, 5.41) is 11.4. The quantitative estimate of drug-likeness (QED) is 0.649. The molecule has 2 aromatic heterocycles. The fourth-order valence-corrected chi connectivity index (χ4v) is 3.60. The van der Waals surface area contributed by atoms with E-state index in [0.29, 0.717) is 17.9 Å². The summed E-state index contributed by atoms with van der Waals surface area (Å²) in [6, 6.07) is 10.8. The van der Waals surface area contributed by atoms with Crippen LogP contribution < -0.4 is 10.1 Å². The van der Waals surface area contributed by atoms with Crippen LogP contribution in [-0.4, -0.2) is 25.7 Å². The second kappa shape index (κ2) is 8.52. The first-order valence-electron chi connectivity index (χ1n) is 9.28. The van der Waals surface area contributed by atoms with E-state index in [4.69, 9.17) is 4.74 Å². The number of benzene rings is 1. The molecule has 0 spiro atoms. The van der Waals surface area contributed by atoms with Crippen molar-refractivity contribution in [1.82, 2.24) is 25.1 Å². The van der Waals surface area contributed by atoms with E-state index in [9.17, 15) is 4.79 Å². The minimum Gasteiger partial charge on any atom is -0.438 e. The molecule has 0 saturated heterocycles. The maximum absolute atomic E-state index is 12.8. The number of aromatic nitrogens is 4. The summed E-state index contributed by atoms with van der Waals surface area (Å²) in [5.74, 6) is 2.39. The Kier molecular flexibility index (Phi) is 5.66.